The highest BCUT2D eigenvalue weighted by atomic mass is 32.2. The van der Waals surface area contributed by atoms with Crippen molar-refractivity contribution in [3.63, 3.8) is 0 Å². The average molecular weight is 448 g/mol. The summed E-state index contributed by atoms with van der Waals surface area (Å²) in [4.78, 5) is 19.2. The van der Waals surface area contributed by atoms with E-state index in [1.807, 2.05) is 13.2 Å². The summed E-state index contributed by atoms with van der Waals surface area (Å²) in [6, 6.07) is 9.56. The molecule has 1 unspecified atom stereocenters. The van der Waals surface area contributed by atoms with Crippen molar-refractivity contribution in [1.82, 2.24) is 14.4 Å². The Morgan fingerprint density at radius 1 is 1.13 bits per heavy atom. The van der Waals surface area contributed by atoms with Gasteiger partial charge in [-0.2, -0.15) is 0 Å². The van der Waals surface area contributed by atoms with E-state index in [-0.39, 0.29) is 24.0 Å². The van der Waals surface area contributed by atoms with Crippen molar-refractivity contribution >= 4 is 11.8 Å². The number of nitrogens with zero attached hydrogens (tertiary/aromatic N) is 3. The third-order valence-corrected chi connectivity index (χ3v) is 6.68. The normalized spacial score (nSPS) is 16.5. The summed E-state index contributed by atoms with van der Waals surface area (Å²) in [6.07, 6.45) is 2.03. The fraction of sp³-hybridized carbons (Fsp3) is 0.522. The summed E-state index contributed by atoms with van der Waals surface area (Å²) in [6.45, 7) is 6.61. The Labute approximate surface area is 188 Å². The lowest BCUT2D eigenvalue weighted by atomic mass is 9.96. The van der Waals surface area contributed by atoms with E-state index in [9.17, 15) is 15.0 Å². The summed E-state index contributed by atoms with van der Waals surface area (Å²) in [7, 11) is 1.61. The van der Waals surface area contributed by atoms with E-state index >= 15 is 0 Å². The lowest BCUT2D eigenvalue weighted by molar-refractivity contribution is 0.0931. The van der Waals surface area contributed by atoms with Crippen LogP contribution in [0, 0.1) is 6.92 Å². The van der Waals surface area contributed by atoms with Gasteiger partial charge in [-0.25, -0.2) is 0 Å². The number of ether oxygens (including phenoxy) is 1. The monoisotopic (exact) mass is 447 g/mol. The van der Waals surface area contributed by atoms with Gasteiger partial charge in [-0.1, -0.05) is 12.1 Å². The zero-order valence-corrected chi connectivity index (χ0v) is 19.4. The van der Waals surface area contributed by atoms with Crippen LogP contribution >= 0.6 is 11.8 Å². The van der Waals surface area contributed by atoms with Crippen molar-refractivity contribution in [2.45, 2.75) is 24.4 Å². The van der Waals surface area contributed by atoms with E-state index in [1.165, 1.54) is 0 Å². The van der Waals surface area contributed by atoms with Gasteiger partial charge in [0.15, 0.2) is 0 Å². The van der Waals surface area contributed by atoms with Crippen molar-refractivity contribution in [2.75, 3.05) is 59.3 Å². The van der Waals surface area contributed by atoms with Crippen LogP contribution < -0.4 is 5.56 Å². The van der Waals surface area contributed by atoms with Crippen molar-refractivity contribution in [3.05, 3.63) is 57.5 Å². The quantitative estimate of drug-likeness (QED) is 0.569. The number of methoxy groups -OCH3 is 1. The number of aromatic hydroxyl groups is 1. The number of rotatable bonds is 9. The highest BCUT2D eigenvalue weighted by Gasteiger charge is 2.31. The minimum absolute atomic E-state index is 0.0351. The Morgan fingerprint density at radius 2 is 1.81 bits per heavy atom. The molecule has 0 amide bonds. The van der Waals surface area contributed by atoms with Crippen LogP contribution in [0.25, 0.3) is 0 Å². The number of piperazine rings is 1. The lowest BCUT2D eigenvalue weighted by Gasteiger charge is -2.39. The molecule has 1 saturated heterocycles. The van der Waals surface area contributed by atoms with Crippen LogP contribution in [-0.2, 0) is 11.3 Å². The van der Waals surface area contributed by atoms with Gasteiger partial charge < -0.3 is 19.5 Å². The molecule has 8 heteroatoms. The van der Waals surface area contributed by atoms with Crippen molar-refractivity contribution in [2.24, 2.45) is 0 Å². The molecule has 2 N–H and O–H groups in total. The molecule has 3 rings (SSSR count). The topological polar surface area (TPSA) is 78.2 Å². The molecule has 0 bridgehead atoms. The number of aliphatic hydroxyl groups is 1. The fourth-order valence-electron chi connectivity index (χ4n) is 4.22. The van der Waals surface area contributed by atoms with Gasteiger partial charge >= 0.3 is 0 Å². The molecule has 0 radical (unpaired) electrons. The number of thioether (sulfide) groups is 1. The second-order valence-electron chi connectivity index (χ2n) is 7.81. The first-order valence-corrected chi connectivity index (χ1v) is 11.9. The highest BCUT2D eigenvalue weighted by molar-refractivity contribution is 7.98. The van der Waals surface area contributed by atoms with Gasteiger partial charge in [-0.15, -0.1) is 11.8 Å². The molecule has 2 aromatic rings. The predicted molar refractivity (Wildman–Crippen MR) is 124 cm³/mol. The zero-order chi connectivity index (χ0) is 22.4. The number of benzene rings is 1. The number of hydrogen-bond acceptors (Lipinski definition) is 7. The first-order chi connectivity index (χ1) is 15.0. The van der Waals surface area contributed by atoms with Crippen LogP contribution in [0.2, 0.25) is 0 Å². The van der Waals surface area contributed by atoms with E-state index in [4.69, 9.17) is 4.74 Å². The molecule has 170 valence electrons. The molecule has 2 heterocycles. The molecule has 0 spiro atoms. The van der Waals surface area contributed by atoms with Gasteiger partial charge in [0.25, 0.3) is 5.56 Å². The number of β-amino-alcohol motifs (C(OH)–C–C–N with tert-alkyl or cyclic N) is 1. The molecule has 1 aromatic carbocycles. The second kappa shape index (κ2) is 11.2. The number of aliphatic hydroxyl groups excluding tert-OH is 1. The number of hydrogen-bond donors (Lipinski definition) is 2. The molecule has 1 aliphatic heterocycles. The molecule has 1 aliphatic rings. The Morgan fingerprint density at radius 3 is 2.39 bits per heavy atom. The largest absolute Gasteiger partial charge is 0.507 e. The molecule has 31 heavy (non-hydrogen) atoms. The highest BCUT2D eigenvalue weighted by Crippen LogP contribution is 2.34. The molecular weight excluding hydrogens is 414 g/mol. The smallest absolute Gasteiger partial charge is 0.259 e. The van der Waals surface area contributed by atoms with Crippen molar-refractivity contribution < 1.29 is 14.9 Å². The van der Waals surface area contributed by atoms with Crippen LogP contribution in [-0.4, -0.2) is 83.9 Å². The maximum Gasteiger partial charge on any atom is 0.259 e. The molecule has 1 atom stereocenters. The second-order valence-corrected chi connectivity index (χ2v) is 8.69. The van der Waals surface area contributed by atoms with Crippen LogP contribution in [0.5, 0.6) is 5.75 Å². The summed E-state index contributed by atoms with van der Waals surface area (Å²) in [5.41, 5.74) is 1.94. The standard InChI is InChI=1S/C23H33N3O4S/c1-17-16-20(28)21(23(29)26(17)13-15-30-2)22(18-4-6-19(31-3)7-5-18)25-10-8-24(9-11-25)12-14-27/h4-7,16,22,27-28H,8-15H2,1-3H3. The Bertz CT molecular complexity index is 908. The minimum Gasteiger partial charge on any atom is -0.507 e. The summed E-state index contributed by atoms with van der Waals surface area (Å²) < 4.78 is 6.87. The first-order valence-electron chi connectivity index (χ1n) is 10.6. The number of aromatic nitrogens is 1. The third kappa shape index (κ3) is 5.51. The van der Waals surface area contributed by atoms with Crippen LogP contribution in [0.15, 0.2) is 40.0 Å². The van der Waals surface area contributed by atoms with Gasteiger partial charge in [0.1, 0.15) is 5.75 Å². The minimum atomic E-state index is -0.339. The van der Waals surface area contributed by atoms with Gasteiger partial charge in [0.05, 0.1) is 24.8 Å². The summed E-state index contributed by atoms with van der Waals surface area (Å²) >= 11 is 1.67. The summed E-state index contributed by atoms with van der Waals surface area (Å²) in [5.74, 6) is 0.0351. The molecule has 1 fully saturated rings. The average Bonchev–Trinajstić information content (AvgIpc) is 2.77. The van der Waals surface area contributed by atoms with Crippen LogP contribution in [0.1, 0.15) is 22.9 Å². The predicted octanol–water partition coefficient (Wildman–Crippen LogP) is 1.93. The van der Waals surface area contributed by atoms with Crippen LogP contribution in [0.3, 0.4) is 0 Å². The van der Waals surface area contributed by atoms with E-state index in [2.05, 4.69) is 34.1 Å². The SMILES string of the molecule is COCCn1c(C)cc(O)c(C(c2ccc(SC)cc2)N2CCN(CCO)CC2)c1=O. The Hall–Kier alpha value is -1.84. The van der Waals surface area contributed by atoms with Crippen molar-refractivity contribution in [3.8, 4) is 5.75 Å². The van der Waals surface area contributed by atoms with Crippen LogP contribution in [0.4, 0.5) is 0 Å². The molecule has 0 saturated carbocycles. The maximum atomic E-state index is 13.5. The van der Waals surface area contributed by atoms with Gasteiger partial charge in [-0.3, -0.25) is 14.6 Å². The van der Waals surface area contributed by atoms with E-state index in [0.29, 0.717) is 31.0 Å². The molecular formula is C23H33N3O4S. The third-order valence-electron chi connectivity index (χ3n) is 5.94. The van der Waals surface area contributed by atoms with E-state index in [1.54, 1.807) is 29.5 Å². The van der Waals surface area contributed by atoms with Gasteiger partial charge in [0, 0.05) is 57.0 Å². The van der Waals surface area contributed by atoms with E-state index < -0.39 is 0 Å². The molecule has 0 aliphatic carbocycles. The number of aryl methyl sites for hydroxylation is 1. The maximum absolute atomic E-state index is 13.5. The summed E-state index contributed by atoms with van der Waals surface area (Å²) in [5, 5.41) is 20.2. The van der Waals surface area contributed by atoms with Gasteiger partial charge in [-0.05, 0) is 36.9 Å². The van der Waals surface area contributed by atoms with E-state index in [0.717, 1.165) is 36.6 Å². The Kier molecular flexibility index (Phi) is 8.57. The first kappa shape index (κ1) is 23.8. The Balaban J connectivity index is 2.05. The molecule has 7 nitrogen and oxygen atoms in total. The molecule has 1 aromatic heterocycles. The fourth-order valence-corrected chi connectivity index (χ4v) is 4.63. The van der Waals surface area contributed by atoms with Gasteiger partial charge in [0.2, 0.25) is 0 Å². The number of pyridine rings is 1. The van der Waals surface area contributed by atoms with Crippen molar-refractivity contribution in [1.29, 1.82) is 0 Å². The lowest BCUT2D eigenvalue weighted by Crippen LogP contribution is -2.49. The zero-order valence-electron chi connectivity index (χ0n) is 18.6.